The van der Waals surface area contributed by atoms with Gasteiger partial charge in [-0.1, -0.05) is 48.0 Å². The summed E-state index contributed by atoms with van der Waals surface area (Å²) in [5.74, 6) is 1.14. The predicted molar refractivity (Wildman–Crippen MR) is 115 cm³/mol. The summed E-state index contributed by atoms with van der Waals surface area (Å²) in [6.45, 7) is 4.08. The molecule has 154 valence electrons. The van der Waals surface area contributed by atoms with Crippen molar-refractivity contribution in [1.29, 1.82) is 0 Å². The smallest absolute Gasteiger partial charge is 0.323 e. The summed E-state index contributed by atoms with van der Waals surface area (Å²) in [6.07, 6.45) is 0. The highest BCUT2D eigenvalue weighted by Crippen LogP contribution is 2.12. The normalized spacial score (nSPS) is 11.9. The summed E-state index contributed by atoms with van der Waals surface area (Å²) in [5.41, 5.74) is 7.96. The van der Waals surface area contributed by atoms with Gasteiger partial charge in [0.15, 0.2) is 0 Å². The fraction of sp³-hybridized carbons (Fsp3) is 0.350. The number of aryl methyl sites for hydroxylation is 1. The Morgan fingerprint density at radius 1 is 1.14 bits per heavy atom. The molecule has 0 spiro atoms. The molecule has 0 bridgehead atoms. The molecule has 0 fully saturated rings. The molecule has 0 radical (unpaired) electrons. The summed E-state index contributed by atoms with van der Waals surface area (Å²) in [4.78, 5) is 11.5. The average Bonchev–Trinajstić information content (AvgIpc) is 2.70. The molecule has 0 saturated heterocycles. The van der Waals surface area contributed by atoms with Crippen molar-refractivity contribution < 1.29 is 17.9 Å². The van der Waals surface area contributed by atoms with E-state index in [1.807, 2.05) is 25.1 Å². The molecule has 2 aromatic carbocycles. The second kappa shape index (κ2) is 12.6. The Morgan fingerprint density at radius 3 is 2.29 bits per heavy atom. The molecule has 0 saturated carbocycles. The average molecular weight is 425 g/mol. The van der Waals surface area contributed by atoms with Gasteiger partial charge in [-0.15, -0.1) is 0 Å². The molecule has 2 rings (SSSR count). The number of benzene rings is 2. The number of carbonyl (C=O) groups is 1. The summed E-state index contributed by atoms with van der Waals surface area (Å²) in [6, 6.07) is 16.3. The number of nitrogens with one attached hydrogen (secondary N) is 1. The van der Waals surface area contributed by atoms with Crippen molar-refractivity contribution >= 4 is 27.8 Å². The maximum absolute atomic E-state index is 11.2. The molecular weight excluding hydrogens is 396 g/mol. The number of esters is 1. The summed E-state index contributed by atoms with van der Waals surface area (Å²) in [5, 5.41) is 0. The summed E-state index contributed by atoms with van der Waals surface area (Å²) in [7, 11) is -1.87. The van der Waals surface area contributed by atoms with Gasteiger partial charge < -0.3 is 10.5 Å². The molecule has 2 aromatic rings. The van der Waals surface area contributed by atoms with Gasteiger partial charge in [0.25, 0.3) is 0 Å². The van der Waals surface area contributed by atoms with Crippen LogP contribution in [0.5, 0.6) is 0 Å². The van der Waals surface area contributed by atoms with E-state index in [4.69, 9.17) is 10.5 Å². The minimum absolute atomic E-state index is 0.301. The van der Waals surface area contributed by atoms with E-state index in [2.05, 4.69) is 16.9 Å². The molecule has 28 heavy (non-hydrogen) atoms. The zero-order valence-electron chi connectivity index (χ0n) is 16.4. The van der Waals surface area contributed by atoms with Crippen molar-refractivity contribution in [2.45, 2.75) is 30.5 Å². The van der Waals surface area contributed by atoms with E-state index in [-0.39, 0.29) is 5.97 Å². The third kappa shape index (κ3) is 8.88. The molecule has 0 aromatic heterocycles. The number of thioether (sulfide) groups is 1. The highest BCUT2D eigenvalue weighted by atomic mass is 32.2. The Morgan fingerprint density at radius 2 is 1.75 bits per heavy atom. The van der Waals surface area contributed by atoms with E-state index in [1.165, 1.54) is 12.6 Å². The van der Waals surface area contributed by atoms with Crippen molar-refractivity contribution in [3.8, 4) is 0 Å². The van der Waals surface area contributed by atoms with Crippen molar-refractivity contribution in [3.63, 3.8) is 0 Å². The Balaban J connectivity index is 0.000000292. The lowest BCUT2D eigenvalue weighted by molar-refractivity contribution is -0.144. The molecule has 0 amide bonds. The second-order valence-corrected chi connectivity index (χ2v) is 8.80. The van der Waals surface area contributed by atoms with Crippen LogP contribution in [0.3, 0.4) is 0 Å². The van der Waals surface area contributed by atoms with Crippen molar-refractivity contribution in [1.82, 2.24) is 4.72 Å². The topological polar surface area (TPSA) is 98.5 Å². The van der Waals surface area contributed by atoms with Crippen LogP contribution in [0, 0.1) is 6.92 Å². The summed E-state index contributed by atoms with van der Waals surface area (Å²) < 4.78 is 29.5. The molecule has 0 aliphatic carbocycles. The monoisotopic (exact) mass is 424 g/mol. The first kappa shape index (κ1) is 24.2. The maximum atomic E-state index is 11.2. The molecule has 0 aliphatic rings. The van der Waals surface area contributed by atoms with Crippen LogP contribution in [0.2, 0.25) is 0 Å². The molecule has 0 unspecified atom stereocenters. The standard InChI is InChI=1S/C12H17NO2S.C8H11NO2S/c1-2-15-12(14)11(13)9-16-8-10-6-4-3-5-7-10;1-7-3-5-8(6-4-7)12(10,11)9-2/h3-7,11H,2,8-9,13H2,1H3;3-6,9H,1-2H3/t11-;/m0./s1. The van der Waals surface area contributed by atoms with Gasteiger partial charge in [0.2, 0.25) is 10.0 Å². The maximum Gasteiger partial charge on any atom is 0.323 e. The first-order valence-corrected chi connectivity index (χ1v) is 11.5. The minimum atomic E-state index is -3.26. The van der Waals surface area contributed by atoms with Crippen LogP contribution < -0.4 is 10.5 Å². The lowest BCUT2D eigenvalue weighted by Crippen LogP contribution is -2.34. The van der Waals surface area contributed by atoms with Crippen LogP contribution >= 0.6 is 11.8 Å². The highest BCUT2D eigenvalue weighted by Gasteiger charge is 2.13. The highest BCUT2D eigenvalue weighted by molar-refractivity contribution is 7.98. The SMILES string of the molecule is CCOC(=O)[C@@H](N)CSCc1ccccc1.CNS(=O)(=O)c1ccc(C)cc1. The number of carbonyl (C=O) groups excluding carboxylic acids is 1. The molecule has 6 nitrogen and oxygen atoms in total. The zero-order valence-corrected chi connectivity index (χ0v) is 18.1. The van der Waals surface area contributed by atoms with Crippen LogP contribution in [-0.4, -0.2) is 39.8 Å². The van der Waals surface area contributed by atoms with Gasteiger partial charge in [0.05, 0.1) is 11.5 Å². The van der Waals surface area contributed by atoms with Crippen molar-refractivity contribution in [2.24, 2.45) is 5.73 Å². The number of nitrogens with two attached hydrogens (primary N) is 1. The Hall–Kier alpha value is -1.87. The number of hydrogen-bond acceptors (Lipinski definition) is 6. The van der Waals surface area contributed by atoms with Crippen LogP contribution in [0.15, 0.2) is 59.5 Å². The third-order valence-electron chi connectivity index (χ3n) is 3.60. The molecule has 8 heteroatoms. The predicted octanol–water partition coefficient (Wildman–Crippen LogP) is 2.71. The molecule has 1 atom stereocenters. The van der Waals surface area contributed by atoms with Gasteiger partial charge in [-0.2, -0.15) is 11.8 Å². The number of ether oxygens (including phenoxy) is 1. The molecule has 0 aliphatic heterocycles. The van der Waals surface area contributed by atoms with Crippen LogP contribution in [0.4, 0.5) is 0 Å². The number of sulfonamides is 1. The van der Waals surface area contributed by atoms with Gasteiger partial charge >= 0.3 is 5.97 Å². The molecule has 0 heterocycles. The van der Waals surface area contributed by atoms with E-state index >= 15 is 0 Å². The molecule has 3 N–H and O–H groups in total. The first-order chi connectivity index (χ1) is 13.3. The van der Waals surface area contributed by atoms with Crippen LogP contribution in [0.1, 0.15) is 18.1 Å². The van der Waals surface area contributed by atoms with Gasteiger partial charge in [0, 0.05) is 11.5 Å². The quantitative estimate of drug-likeness (QED) is 0.632. The summed E-state index contributed by atoms with van der Waals surface area (Å²) >= 11 is 1.64. The van der Waals surface area contributed by atoms with E-state index in [9.17, 15) is 13.2 Å². The van der Waals surface area contributed by atoms with Crippen molar-refractivity contribution in [2.75, 3.05) is 19.4 Å². The minimum Gasteiger partial charge on any atom is -0.465 e. The Bertz CT molecular complexity index is 810. The number of rotatable bonds is 8. The van der Waals surface area contributed by atoms with Gasteiger partial charge in [-0.3, -0.25) is 4.79 Å². The van der Waals surface area contributed by atoms with E-state index in [0.717, 1.165) is 11.3 Å². The first-order valence-electron chi connectivity index (χ1n) is 8.84. The Labute approximate surface area is 171 Å². The van der Waals surface area contributed by atoms with Crippen LogP contribution in [-0.2, 0) is 25.3 Å². The lowest BCUT2D eigenvalue weighted by atomic mass is 10.2. The zero-order chi connectivity index (χ0) is 21.0. The number of hydrogen-bond donors (Lipinski definition) is 2. The van der Waals surface area contributed by atoms with Crippen molar-refractivity contribution in [3.05, 3.63) is 65.7 Å². The largest absolute Gasteiger partial charge is 0.465 e. The fourth-order valence-electron chi connectivity index (χ4n) is 2.03. The lowest BCUT2D eigenvalue weighted by Gasteiger charge is -2.09. The fourth-order valence-corrected chi connectivity index (χ4v) is 3.70. The van der Waals surface area contributed by atoms with E-state index in [0.29, 0.717) is 17.3 Å². The van der Waals surface area contributed by atoms with Gasteiger partial charge in [0.1, 0.15) is 6.04 Å². The third-order valence-corrected chi connectivity index (χ3v) is 6.16. The van der Waals surface area contributed by atoms with Gasteiger partial charge in [-0.05, 0) is 38.6 Å². The van der Waals surface area contributed by atoms with Gasteiger partial charge in [-0.25, -0.2) is 13.1 Å². The van der Waals surface area contributed by atoms with E-state index in [1.54, 1.807) is 43.0 Å². The van der Waals surface area contributed by atoms with Crippen LogP contribution in [0.25, 0.3) is 0 Å². The molecular formula is C20H28N2O4S2. The van der Waals surface area contributed by atoms with E-state index < -0.39 is 16.1 Å². The Kier molecular flexibility index (Phi) is 10.8. The second-order valence-electron chi connectivity index (χ2n) is 5.88.